The highest BCUT2D eigenvalue weighted by molar-refractivity contribution is 5.94. The number of rotatable bonds is 10. The topological polar surface area (TPSA) is 221 Å². The molecule has 0 saturated carbocycles. The zero-order valence-corrected chi connectivity index (χ0v) is 36.3. The zero-order chi connectivity index (χ0) is 45.5. The Morgan fingerprint density at radius 3 is 2.42 bits per heavy atom. The third-order valence-corrected chi connectivity index (χ3v) is 11.4. The maximum Gasteiger partial charge on any atom is 0.325 e. The van der Waals surface area contributed by atoms with E-state index >= 15 is 0 Å². The van der Waals surface area contributed by atoms with Gasteiger partial charge in [0.1, 0.15) is 47.7 Å². The molecule has 1 aromatic rings. The van der Waals surface area contributed by atoms with Crippen LogP contribution in [-0.4, -0.2) is 111 Å². The van der Waals surface area contributed by atoms with Gasteiger partial charge in [-0.25, -0.2) is 9.82 Å². The van der Waals surface area contributed by atoms with Crippen molar-refractivity contribution >= 4 is 35.3 Å². The van der Waals surface area contributed by atoms with E-state index in [1.165, 1.54) is 30.2 Å². The van der Waals surface area contributed by atoms with Crippen LogP contribution in [-0.2, 0) is 44.7 Å². The van der Waals surface area contributed by atoms with Gasteiger partial charge >= 0.3 is 5.97 Å². The van der Waals surface area contributed by atoms with Crippen LogP contribution in [0.1, 0.15) is 91.5 Å². The fourth-order valence-corrected chi connectivity index (χ4v) is 7.59. The first kappa shape index (κ1) is 49.6. The van der Waals surface area contributed by atoms with Gasteiger partial charge in [0.15, 0.2) is 5.78 Å². The van der Waals surface area contributed by atoms with Crippen molar-refractivity contribution in [2.75, 3.05) is 13.2 Å². The van der Waals surface area contributed by atoms with Gasteiger partial charge in [0, 0.05) is 44.4 Å². The van der Waals surface area contributed by atoms with Gasteiger partial charge in [-0.1, -0.05) is 57.2 Å². The number of ketones is 2. The molecule has 6 N–H and O–H groups in total. The van der Waals surface area contributed by atoms with Gasteiger partial charge in [0.2, 0.25) is 11.8 Å². The van der Waals surface area contributed by atoms with Crippen LogP contribution in [0.3, 0.4) is 0 Å². The average molecular weight is 867 g/mol. The standard InChI is InChI=1S/C46H63FN4O11/c1-27(2)41-44(58)48-36(25-31-23-32(47)26-33(53)24-31)45(59)51-21-12-14-35(50-51)46(60)62-39(28(3)13-11-16-38(55)40-18-9-10-22-61-40)17-8-6-7-15-37(54)30(5)42(56)34(43(57)49-41)20-19-29(4)52/h6-8,11,13,15-16,23-24,26-27,30,34-37,39-42,50,53-54,56H,9-10,12,14,17-22,25H2,1-5H3,(H,48,58)(H,49,57)/b8-6+,15-7+,16-11+,28-13+/t30-,34+,35?,36-,37-,39-,40?,41-,42+/m0/s1. The van der Waals surface area contributed by atoms with E-state index < -0.39 is 95.6 Å². The third kappa shape index (κ3) is 14.8. The highest BCUT2D eigenvalue weighted by Gasteiger charge is 2.39. The number of halogens is 1. The number of carbonyl (C=O) groups is 6. The molecule has 3 heterocycles. The van der Waals surface area contributed by atoms with E-state index in [1.54, 1.807) is 58.1 Å². The number of carbonyl (C=O) groups excluding carboxylic acids is 6. The second kappa shape index (κ2) is 24.0. The van der Waals surface area contributed by atoms with Crippen molar-refractivity contribution in [2.45, 2.75) is 135 Å². The second-order valence-corrected chi connectivity index (χ2v) is 16.8. The molecular weight excluding hydrogens is 804 g/mol. The number of esters is 1. The molecular formula is C46H63FN4O11. The quantitative estimate of drug-likeness (QED) is 0.113. The molecule has 15 nitrogen and oxygen atoms in total. The zero-order valence-electron chi connectivity index (χ0n) is 36.3. The van der Waals surface area contributed by atoms with Gasteiger partial charge in [0.25, 0.3) is 5.91 Å². The Balaban J connectivity index is 1.71. The molecule has 16 heteroatoms. The maximum atomic E-state index is 14.5. The van der Waals surface area contributed by atoms with Gasteiger partial charge in [-0.05, 0) is 87.6 Å². The number of aliphatic hydroxyl groups excluding tert-OH is 2. The van der Waals surface area contributed by atoms with Gasteiger partial charge in [-0.3, -0.25) is 29.0 Å². The predicted molar refractivity (Wildman–Crippen MR) is 227 cm³/mol. The lowest BCUT2D eigenvalue weighted by molar-refractivity contribution is -0.156. The lowest BCUT2D eigenvalue weighted by atomic mass is 9.84. The maximum absolute atomic E-state index is 14.5. The molecule has 3 aliphatic heterocycles. The largest absolute Gasteiger partial charge is 0.508 e. The number of allylic oxidation sites excluding steroid dienone is 4. The SMILES string of the molecule is CC(=O)CC[C@H]1C(=O)N[C@@H](C(C)C)C(=O)N[C@@H](Cc2cc(O)cc(F)c2)C(=O)N2CCCC(N2)C(=O)O[C@H](/C(C)=C/C=C/C(=O)C2CCCCO2)C/C=C/C=C/[C@H](O)[C@H](C)[C@H]1O. The van der Waals surface area contributed by atoms with E-state index in [0.717, 1.165) is 25.0 Å². The Bertz CT molecular complexity index is 1850. The molecule has 0 aliphatic carbocycles. The summed E-state index contributed by atoms with van der Waals surface area (Å²) in [6, 6.07) is -0.382. The number of ether oxygens (including phenoxy) is 2. The van der Waals surface area contributed by atoms with Crippen LogP contribution in [0.5, 0.6) is 5.75 Å². The van der Waals surface area contributed by atoms with E-state index in [9.17, 15) is 48.5 Å². The van der Waals surface area contributed by atoms with E-state index in [-0.39, 0.29) is 49.4 Å². The summed E-state index contributed by atoms with van der Waals surface area (Å²) in [4.78, 5) is 80.9. The molecule has 2 bridgehead atoms. The molecule has 0 spiro atoms. The van der Waals surface area contributed by atoms with Gasteiger partial charge in [-0.15, -0.1) is 0 Å². The summed E-state index contributed by atoms with van der Waals surface area (Å²) in [6.45, 7) is 8.63. The first-order valence-corrected chi connectivity index (χ1v) is 21.5. The number of Topliss-reactive ketones (excluding diaryl/α,β-unsaturated/α-hetero) is 1. The lowest BCUT2D eigenvalue weighted by Gasteiger charge is -2.36. The van der Waals surface area contributed by atoms with Crippen molar-refractivity contribution < 1.29 is 58.0 Å². The molecule has 0 radical (unpaired) electrons. The van der Waals surface area contributed by atoms with Crippen LogP contribution in [0.25, 0.3) is 0 Å². The van der Waals surface area contributed by atoms with E-state index in [0.29, 0.717) is 31.4 Å². The minimum absolute atomic E-state index is 0.0589. The summed E-state index contributed by atoms with van der Waals surface area (Å²) < 4.78 is 26.1. The molecule has 4 rings (SSSR count). The van der Waals surface area contributed by atoms with Crippen molar-refractivity contribution in [3.8, 4) is 5.75 Å². The first-order valence-electron chi connectivity index (χ1n) is 21.5. The summed E-state index contributed by atoms with van der Waals surface area (Å²) in [7, 11) is 0. The van der Waals surface area contributed by atoms with Crippen molar-refractivity contribution in [2.24, 2.45) is 17.8 Å². The Hall–Kier alpha value is -5.03. The summed E-state index contributed by atoms with van der Waals surface area (Å²) >= 11 is 0. The third-order valence-electron chi connectivity index (χ3n) is 11.4. The Morgan fingerprint density at radius 1 is 0.984 bits per heavy atom. The number of nitrogens with one attached hydrogen (secondary N) is 3. The minimum Gasteiger partial charge on any atom is -0.508 e. The number of aromatic hydroxyl groups is 1. The Morgan fingerprint density at radius 2 is 1.74 bits per heavy atom. The lowest BCUT2D eigenvalue weighted by Crippen LogP contribution is -2.62. The van der Waals surface area contributed by atoms with Crippen molar-refractivity contribution in [1.29, 1.82) is 0 Å². The van der Waals surface area contributed by atoms with E-state index in [2.05, 4.69) is 16.1 Å². The molecule has 3 amide bonds. The molecule has 3 aliphatic rings. The molecule has 2 fully saturated rings. The molecule has 9 atom stereocenters. The minimum atomic E-state index is -1.46. The average Bonchev–Trinajstić information content (AvgIpc) is 3.23. The number of nitrogens with zero attached hydrogens (tertiary/aromatic N) is 1. The van der Waals surface area contributed by atoms with E-state index in [4.69, 9.17) is 9.47 Å². The Labute approximate surface area is 362 Å². The normalized spacial score (nSPS) is 30.1. The fourth-order valence-electron chi connectivity index (χ4n) is 7.59. The number of hydrazine groups is 1. The highest BCUT2D eigenvalue weighted by Crippen LogP contribution is 2.25. The number of amides is 3. The molecule has 1 aromatic carbocycles. The summed E-state index contributed by atoms with van der Waals surface area (Å²) in [5, 5.41) is 39.3. The molecule has 340 valence electrons. The van der Waals surface area contributed by atoms with Crippen LogP contribution in [0, 0.1) is 23.6 Å². The fraction of sp³-hybridized carbons (Fsp3) is 0.565. The van der Waals surface area contributed by atoms with Crippen LogP contribution >= 0.6 is 0 Å². The number of cyclic esters (lactones) is 1. The monoisotopic (exact) mass is 866 g/mol. The smallest absolute Gasteiger partial charge is 0.325 e. The van der Waals surface area contributed by atoms with Crippen LogP contribution in [0.4, 0.5) is 4.39 Å². The van der Waals surface area contributed by atoms with Gasteiger partial charge < -0.3 is 40.2 Å². The number of fused-ring (bicyclic) bond motifs is 2. The van der Waals surface area contributed by atoms with Crippen LogP contribution in [0.15, 0.2) is 66.3 Å². The van der Waals surface area contributed by atoms with E-state index in [1.807, 2.05) is 0 Å². The van der Waals surface area contributed by atoms with Crippen molar-refractivity contribution in [3.63, 3.8) is 0 Å². The number of phenols is 1. The summed E-state index contributed by atoms with van der Waals surface area (Å²) in [5.74, 6) is -7.14. The number of hydrogen-bond donors (Lipinski definition) is 6. The van der Waals surface area contributed by atoms with Crippen LogP contribution < -0.4 is 16.1 Å². The first-order chi connectivity index (χ1) is 29.4. The van der Waals surface area contributed by atoms with Crippen molar-refractivity contribution in [1.82, 2.24) is 21.1 Å². The number of aliphatic hydroxyl groups is 2. The predicted octanol–water partition coefficient (Wildman–Crippen LogP) is 3.61. The number of hydrogen-bond acceptors (Lipinski definition) is 12. The molecule has 62 heavy (non-hydrogen) atoms. The molecule has 2 unspecified atom stereocenters. The highest BCUT2D eigenvalue weighted by atomic mass is 19.1. The van der Waals surface area contributed by atoms with Gasteiger partial charge in [0.05, 0.1) is 18.1 Å². The molecule has 0 aromatic heterocycles. The number of phenolic OH excluding ortho intramolecular Hbond substituents is 1. The number of benzene rings is 1. The second-order valence-electron chi connectivity index (χ2n) is 16.8. The van der Waals surface area contributed by atoms with Gasteiger partial charge in [-0.2, -0.15) is 0 Å². The summed E-state index contributed by atoms with van der Waals surface area (Å²) in [6.07, 6.45) is 9.85. The molecule has 2 saturated heterocycles. The Kier molecular flexibility index (Phi) is 19.2. The van der Waals surface area contributed by atoms with Crippen molar-refractivity contribution in [3.05, 3.63) is 77.7 Å². The van der Waals surface area contributed by atoms with Crippen LogP contribution in [0.2, 0.25) is 0 Å². The summed E-state index contributed by atoms with van der Waals surface area (Å²) in [5.41, 5.74) is 3.72.